The molecular formula is C21H27ClF4N6O2. The highest BCUT2D eigenvalue weighted by molar-refractivity contribution is 5.85. The monoisotopic (exact) mass is 506 g/mol. The van der Waals surface area contributed by atoms with Gasteiger partial charge in [-0.3, -0.25) is 0 Å². The molecule has 0 saturated carbocycles. The number of urea groups is 1. The Kier molecular flexibility index (Phi) is 9.03. The van der Waals surface area contributed by atoms with Crippen LogP contribution in [0.25, 0.3) is 0 Å². The molecule has 13 heteroatoms. The van der Waals surface area contributed by atoms with E-state index >= 15 is 0 Å². The molecule has 0 spiro atoms. The predicted octanol–water partition coefficient (Wildman–Crippen LogP) is 2.64. The van der Waals surface area contributed by atoms with Crippen LogP contribution in [-0.4, -0.2) is 58.8 Å². The van der Waals surface area contributed by atoms with Crippen molar-refractivity contribution in [3.63, 3.8) is 0 Å². The second-order valence-corrected chi connectivity index (χ2v) is 7.94. The summed E-state index contributed by atoms with van der Waals surface area (Å²) < 4.78 is 53.5. The van der Waals surface area contributed by atoms with Crippen LogP contribution >= 0.6 is 12.4 Å². The number of nitrogens with zero attached hydrogens (tertiary/aromatic N) is 3. The van der Waals surface area contributed by atoms with Gasteiger partial charge in [0.1, 0.15) is 5.82 Å². The van der Waals surface area contributed by atoms with Crippen LogP contribution in [0.5, 0.6) is 0 Å². The summed E-state index contributed by atoms with van der Waals surface area (Å²) in [7, 11) is 1.67. The summed E-state index contributed by atoms with van der Waals surface area (Å²) in [5.41, 5.74) is 6.17. The third kappa shape index (κ3) is 6.05. The number of anilines is 1. The van der Waals surface area contributed by atoms with E-state index in [9.17, 15) is 27.5 Å². The number of aliphatic hydroxyl groups is 1. The van der Waals surface area contributed by atoms with Gasteiger partial charge in [-0.05, 0) is 43.7 Å². The van der Waals surface area contributed by atoms with Crippen LogP contribution in [0.15, 0.2) is 18.2 Å². The first-order valence-electron chi connectivity index (χ1n) is 10.4. The number of primary amides is 1. The molecule has 0 saturated heterocycles. The Hall–Kier alpha value is -2.70. The lowest BCUT2D eigenvalue weighted by Crippen LogP contribution is -2.41. The standard InChI is InChI=1S/C21H26F4N6O2.ClH/c1-11(10-32)28-20-29-17-9-31(19(26)33)6-5-13(17)18(30-20)14(8-27-2)12-3-4-15(16(22)7-12)21(23,24)25;/h3-4,7,11,14,27,32H,5-6,8-10H2,1-2H3,(H2,26,33)(H,28,29,30);1H/t11-,14+;/m0./s1. The molecule has 34 heavy (non-hydrogen) atoms. The third-order valence-corrected chi connectivity index (χ3v) is 5.50. The van der Waals surface area contributed by atoms with E-state index < -0.39 is 29.5 Å². The Balaban J connectivity index is 0.00000408. The molecule has 188 valence electrons. The van der Waals surface area contributed by atoms with Crippen LogP contribution in [0.1, 0.15) is 40.9 Å². The number of nitrogens with one attached hydrogen (secondary N) is 2. The number of carbonyl (C=O) groups excluding carboxylic acids is 1. The Labute approximate surface area is 200 Å². The normalized spacial score (nSPS) is 15.2. The fraction of sp³-hybridized carbons (Fsp3) is 0.476. The van der Waals surface area contributed by atoms with Gasteiger partial charge in [0.05, 0.1) is 30.1 Å². The van der Waals surface area contributed by atoms with Crippen LogP contribution in [0.3, 0.4) is 0 Å². The van der Waals surface area contributed by atoms with Crippen LogP contribution in [0.4, 0.5) is 28.3 Å². The van der Waals surface area contributed by atoms with Crippen molar-refractivity contribution in [1.82, 2.24) is 20.2 Å². The maximum Gasteiger partial charge on any atom is 0.419 e. The number of rotatable bonds is 7. The summed E-state index contributed by atoms with van der Waals surface area (Å²) in [6.07, 6.45) is -4.42. The molecule has 2 amide bonds. The molecule has 2 heterocycles. The zero-order valence-electron chi connectivity index (χ0n) is 18.6. The lowest BCUT2D eigenvalue weighted by molar-refractivity contribution is -0.140. The summed E-state index contributed by atoms with van der Waals surface area (Å²) >= 11 is 0. The van der Waals surface area contributed by atoms with E-state index in [4.69, 9.17) is 5.73 Å². The van der Waals surface area contributed by atoms with E-state index in [0.29, 0.717) is 29.9 Å². The number of aromatic nitrogens is 2. The minimum Gasteiger partial charge on any atom is -0.394 e. The van der Waals surface area contributed by atoms with Gasteiger partial charge in [-0.1, -0.05) is 6.07 Å². The first-order chi connectivity index (χ1) is 15.5. The Morgan fingerprint density at radius 2 is 2.03 bits per heavy atom. The van der Waals surface area contributed by atoms with Crippen LogP contribution in [-0.2, 0) is 19.1 Å². The van der Waals surface area contributed by atoms with Gasteiger partial charge in [0, 0.05) is 25.0 Å². The number of nitrogens with two attached hydrogens (primary N) is 1. The number of hydrogen-bond acceptors (Lipinski definition) is 6. The molecule has 2 atom stereocenters. The van der Waals surface area contributed by atoms with E-state index in [2.05, 4.69) is 20.6 Å². The minimum absolute atomic E-state index is 0. The number of likely N-dealkylation sites (N-methyl/N-ethyl adjacent to an activating group) is 1. The average molecular weight is 507 g/mol. The molecule has 3 rings (SSSR count). The SMILES string of the molecule is CNC[C@H](c1ccc(C(F)(F)F)c(F)c1)c1nc(N[C@@H](C)CO)nc2c1CCN(C(N)=O)C2.Cl. The van der Waals surface area contributed by atoms with E-state index in [-0.39, 0.29) is 44.1 Å². The van der Waals surface area contributed by atoms with Gasteiger partial charge in [0.15, 0.2) is 0 Å². The average Bonchev–Trinajstić information content (AvgIpc) is 2.75. The third-order valence-electron chi connectivity index (χ3n) is 5.50. The second-order valence-electron chi connectivity index (χ2n) is 7.94. The maximum atomic E-state index is 14.4. The van der Waals surface area contributed by atoms with E-state index in [1.807, 2.05) is 0 Å². The molecule has 0 radical (unpaired) electrons. The van der Waals surface area contributed by atoms with Gasteiger partial charge in [-0.15, -0.1) is 12.4 Å². The number of carbonyl (C=O) groups is 1. The minimum atomic E-state index is -4.80. The van der Waals surface area contributed by atoms with Gasteiger partial charge in [-0.2, -0.15) is 13.2 Å². The molecule has 2 aromatic rings. The highest BCUT2D eigenvalue weighted by Gasteiger charge is 2.35. The Bertz CT molecular complexity index is 1020. The number of benzene rings is 1. The highest BCUT2D eigenvalue weighted by Crippen LogP contribution is 2.35. The van der Waals surface area contributed by atoms with Crippen molar-refractivity contribution in [3.05, 3.63) is 52.1 Å². The molecule has 1 aliphatic heterocycles. The van der Waals surface area contributed by atoms with Crippen molar-refractivity contribution in [2.24, 2.45) is 5.73 Å². The summed E-state index contributed by atoms with van der Waals surface area (Å²) in [4.78, 5) is 22.2. The zero-order chi connectivity index (χ0) is 24.3. The fourth-order valence-corrected chi connectivity index (χ4v) is 3.82. The van der Waals surface area contributed by atoms with Gasteiger partial charge in [0.2, 0.25) is 5.95 Å². The lowest BCUT2D eigenvalue weighted by atomic mass is 9.88. The topological polar surface area (TPSA) is 116 Å². The van der Waals surface area contributed by atoms with Crippen molar-refractivity contribution in [2.45, 2.75) is 38.0 Å². The number of aliphatic hydroxyl groups excluding tert-OH is 1. The number of alkyl halides is 3. The number of amides is 2. The van der Waals surface area contributed by atoms with Crippen molar-refractivity contribution in [2.75, 3.05) is 32.1 Å². The second kappa shape index (κ2) is 11.2. The van der Waals surface area contributed by atoms with Crippen LogP contribution < -0.4 is 16.4 Å². The molecule has 0 fully saturated rings. The summed E-state index contributed by atoms with van der Waals surface area (Å²) in [6, 6.07) is 1.86. The summed E-state index contributed by atoms with van der Waals surface area (Å²) in [5, 5.41) is 15.3. The maximum absolute atomic E-state index is 14.4. The van der Waals surface area contributed by atoms with Gasteiger partial charge in [-0.25, -0.2) is 19.2 Å². The fourth-order valence-electron chi connectivity index (χ4n) is 3.82. The summed E-state index contributed by atoms with van der Waals surface area (Å²) in [5.74, 6) is -1.77. The zero-order valence-corrected chi connectivity index (χ0v) is 19.4. The quantitative estimate of drug-likeness (QED) is 0.429. The van der Waals surface area contributed by atoms with E-state index in [1.165, 1.54) is 11.0 Å². The Morgan fingerprint density at radius 3 is 2.59 bits per heavy atom. The number of halogens is 5. The molecular weight excluding hydrogens is 480 g/mol. The number of hydrogen-bond donors (Lipinski definition) is 4. The molecule has 1 aromatic heterocycles. The summed E-state index contributed by atoms with van der Waals surface area (Å²) in [6.45, 7) is 2.26. The van der Waals surface area contributed by atoms with Gasteiger partial charge in [0.25, 0.3) is 0 Å². The Morgan fingerprint density at radius 1 is 1.32 bits per heavy atom. The van der Waals surface area contributed by atoms with Crippen molar-refractivity contribution < 1.29 is 27.5 Å². The molecule has 0 unspecified atom stereocenters. The molecule has 0 aliphatic carbocycles. The highest BCUT2D eigenvalue weighted by atomic mass is 35.5. The van der Waals surface area contributed by atoms with Gasteiger partial charge >= 0.3 is 12.2 Å². The van der Waals surface area contributed by atoms with E-state index in [0.717, 1.165) is 17.7 Å². The molecule has 1 aliphatic rings. The van der Waals surface area contributed by atoms with Crippen LogP contribution in [0.2, 0.25) is 0 Å². The van der Waals surface area contributed by atoms with Crippen LogP contribution in [0, 0.1) is 5.82 Å². The number of fused-ring (bicyclic) bond motifs is 1. The molecule has 5 N–H and O–H groups in total. The van der Waals surface area contributed by atoms with Gasteiger partial charge < -0.3 is 26.4 Å². The molecule has 0 bridgehead atoms. The predicted molar refractivity (Wildman–Crippen MR) is 120 cm³/mol. The first kappa shape index (κ1) is 27.5. The van der Waals surface area contributed by atoms with Crippen molar-refractivity contribution in [1.29, 1.82) is 0 Å². The van der Waals surface area contributed by atoms with E-state index in [1.54, 1.807) is 14.0 Å². The smallest absolute Gasteiger partial charge is 0.394 e. The van der Waals surface area contributed by atoms with Crippen molar-refractivity contribution in [3.8, 4) is 0 Å². The lowest BCUT2D eigenvalue weighted by Gasteiger charge is -2.30. The first-order valence-corrected chi connectivity index (χ1v) is 10.4. The molecule has 8 nitrogen and oxygen atoms in total. The van der Waals surface area contributed by atoms with Crippen molar-refractivity contribution >= 4 is 24.4 Å². The largest absolute Gasteiger partial charge is 0.419 e. The molecule has 1 aromatic carbocycles.